The fourth-order valence-corrected chi connectivity index (χ4v) is 3.52. The number of amides is 4. The van der Waals surface area contributed by atoms with Crippen molar-refractivity contribution in [3.63, 3.8) is 0 Å². The number of carbonyl (C=O) groups excluding carboxylic acids is 4. The molecule has 4 atom stereocenters. The van der Waals surface area contributed by atoms with Gasteiger partial charge in [0, 0.05) is 29.9 Å². The van der Waals surface area contributed by atoms with Gasteiger partial charge in [-0.3, -0.25) is 24.0 Å². The number of para-hydroxylation sites is 1. The van der Waals surface area contributed by atoms with E-state index >= 15 is 0 Å². The molecule has 0 saturated carbocycles. The van der Waals surface area contributed by atoms with Crippen molar-refractivity contribution in [3.05, 3.63) is 36.0 Å². The van der Waals surface area contributed by atoms with Crippen molar-refractivity contribution in [2.24, 2.45) is 11.5 Å². The van der Waals surface area contributed by atoms with Gasteiger partial charge in [0.05, 0.1) is 12.5 Å². The van der Waals surface area contributed by atoms with Gasteiger partial charge >= 0.3 is 11.9 Å². The van der Waals surface area contributed by atoms with Crippen molar-refractivity contribution < 1.29 is 39.0 Å². The Balaban J connectivity index is 2.21. The zero-order valence-electron chi connectivity index (χ0n) is 20.0. The molecule has 0 aliphatic rings. The number of aromatic nitrogens is 1. The van der Waals surface area contributed by atoms with Gasteiger partial charge in [-0.15, -0.1) is 0 Å². The van der Waals surface area contributed by atoms with Gasteiger partial charge in [-0.2, -0.15) is 0 Å². The normalized spacial score (nSPS) is 14.1. The number of H-pyrrole nitrogens is 1. The second kappa shape index (κ2) is 13.0. The SMILES string of the molecule is CC(N)C(=O)NC(CC(N)=O)C(=O)NC(CCC(=O)O)C(=O)NC(Cc1c[nH]c2ccccc12)C(=O)O. The summed E-state index contributed by atoms with van der Waals surface area (Å²) < 4.78 is 0. The van der Waals surface area contributed by atoms with E-state index in [2.05, 4.69) is 20.9 Å². The van der Waals surface area contributed by atoms with Crippen LogP contribution in [0, 0.1) is 0 Å². The van der Waals surface area contributed by atoms with Crippen LogP contribution in [0.3, 0.4) is 0 Å². The van der Waals surface area contributed by atoms with Crippen LogP contribution in [0.4, 0.5) is 0 Å². The highest BCUT2D eigenvalue weighted by atomic mass is 16.4. The van der Waals surface area contributed by atoms with E-state index in [1.807, 2.05) is 0 Å². The van der Waals surface area contributed by atoms with E-state index in [1.165, 1.54) is 6.92 Å². The van der Waals surface area contributed by atoms with Crippen molar-refractivity contribution in [1.82, 2.24) is 20.9 Å². The molecule has 0 radical (unpaired) electrons. The van der Waals surface area contributed by atoms with Crippen LogP contribution in [0.2, 0.25) is 0 Å². The summed E-state index contributed by atoms with van der Waals surface area (Å²) in [5, 5.41) is 26.4. The van der Waals surface area contributed by atoms with E-state index in [0.717, 1.165) is 10.9 Å². The van der Waals surface area contributed by atoms with E-state index < -0.39 is 79.0 Å². The molecule has 0 bridgehead atoms. The quantitative estimate of drug-likeness (QED) is 0.142. The number of nitrogens with two attached hydrogens (primary N) is 2. The summed E-state index contributed by atoms with van der Waals surface area (Å²) in [6.07, 6.45) is -0.0244. The van der Waals surface area contributed by atoms with Gasteiger partial charge in [-0.25, -0.2) is 4.79 Å². The maximum atomic E-state index is 13.0. The zero-order chi connectivity index (χ0) is 27.7. The summed E-state index contributed by atoms with van der Waals surface area (Å²) in [5.74, 6) is -6.27. The predicted octanol–water partition coefficient (Wildman–Crippen LogP) is -1.66. The Bertz CT molecular complexity index is 1180. The first-order valence-corrected chi connectivity index (χ1v) is 11.3. The average molecular weight is 519 g/mol. The van der Waals surface area contributed by atoms with Crippen molar-refractivity contribution in [1.29, 1.82) is 0 Å². The van der Waals surface area contributed by atoms with E-state index in [1.54, 1.807) is 30.5 Å². The minimum absolute atomic E-state index is 0.0978. The Morgan fingerprint density at radius 3 is 2.11 bits per heavy atom. The maximum absolute atomic E-state index is 13.0. The number of carbonyl (C=O) groups is 6. The number of hydrogen-bond donors (Lipinski definition) is 8. The van der Waals surface area contributed by atoms with E-state index in [4.69, 9.17) is 16.6 Å². The van der Waals surface area contributed by atoms with Crippen LogP contribution >= 0.6 is 0 Å². The number of fused-ring (bicyclic) bond motifs is 1. The summed E-state index contributed by atoms with van der Waals surface area (Å²) in [6, 6.07) is 1.76. The van der Waals surface area contributed by atoms with Gasteiger partial charge in [0.25, 0.3) is 0 Å². The number of nitrogens with one attached hydrogen (secondary N) is 4. The summed E-state index contributed by atoms with van der Waals surface area (Å²) in [5.41, 5.74) is 12.0. The Morgan fingerprint density at radius 2 is 1.51 bits per heavy atom. The topological polar surface area (TPSA) is 247 Å². The van der Waals surface area contributed by atoms with Crippen LogP contribution in [0.25, 0.3) is 10.9 Å². The van der Waals surface area contributed by atoms with E-state index in [-0.39, 0.29) is 6.42 Å². The number of hydrogen-bond acceptors (Lipinski definition) is 7. The Hall–Kier alpha value is -4.46. The van der Waals surface area contributed by atoms with E-state index in [0.29, 0.717) is 5.56 Å². The summed E-state index contributed by atoms with van der Waals surface area (Å²) in [4.78, 5) is 75.1. The maximum Gasteiger partial charge on any atom is 0.326 e. The predicted molar refractivity (Wildman–Crippen MR) is 130 cm³/mol. The van der Waals surface area contributed by atoms with Crippen LogP contribution < -0.4 is 27.4 Å². The fraction of sp³-hybridized carbons (Fsp3) is 0.391. The van der Waals surface area contributed by atoms with Crippen molar-refractivity contribution in [2.75, 3.05) is 0 Å². The number of primary amides is 1. The molecule has 1 aromatic carbocycles. The molecule has 37 heavy (non-hydrogen) atoms. The van der Waals surface area contributed by atoms with Crippen molar-refractivity contribution in [3.8, 4) is 0 Å². The highest BCUT2D eigenvalue weighted by Crippen LogP contribution is 2.19. The molecule has 0 aliphatic carbocycles. The Morgan fingerprint density at radius 1 is 0.919 bits per heavy atom. The van der Waals surface area contributed by atoms with Gasteiger partial charge in [0.2, 0.25) is 23.6 Å². The lowest BCUT2D eigenvalue weighted by Gasteiger charge is -2.24. The second-order valence-electron chi connectivity index (χ2n) is 8.48. The molecule has 0 fully saturated rings. The molecule has 4 amide bonds. The third kappa shape index (κ3) is 8.61. The molecule has 4 unspecified atom stereocenters. The minimum Gasteiger partial charge on any atom is -0.481 e. The molecule has 14 heteroatoms. The molecular formula is C23H30N6O8. The van der Waals surface area contributed by atoms with Crippen molar-refractivity contribution >= 4 is 46.5 Å². The number of carboxylic acids is 2. The zero-order valence-corrected chi connectivity index (χ0v) is 20.0. The lowest BCUT2D eigenvalue weighted by molar-refractivity contribution is -0.143. The first kappa shape index (κ1) is 28.8. The monoisotopic (exact) mass is 518 g/mol. The number of aromatic amines is 1. The van der Waals surface area contributed by atoms with Crippen LogP contribution in [0.15, 0.2) is 30.5 Å². The van der Waals surface area contributed by atoms with Gasteiger partial charge in [-0.1, -0.05) is 18.2 Å². The molecule has 1 aromatic heterocycles. The molecule has 10 N–H and O–H groups in total. The van der Waals surface area contributed by atoms with E-state index in [9.17, 15) is 33.9 Å². The number of carboxylic acid groups (broad SMARTS) is 2. The van der Waals surface area contributed by atoms with Gasteiger partial charge in [0.1, 0.15) is 18.1 Å². The van der Waals surface area contributed by atoms with Crippen LogP contribution in [0.5, 0.6) is 0 Å². The Labute approximate surface area is 211 Å². The van der Waals surface area contributed by atoms with Crippen LogP contribution in [-0.4, -0.2) is 74.9 Å². The van der Waals surface area contributed by atoms with Gasteiger partial charge < -0.3 is 42.6 Å². The third-order valence-electron chi connectivity index (χ3n) is 5.45. The molecule has 200 valence electrons. The average Bonchev–Trinajstić information content (AvgIpc) is 3.22. The molecule has 1 heterocycles. The lowest BCUT2D eigenvalue weighted by atomic mass is 10.0. The largest absolute Gasteiger partial charge is 0.481 e. The molecular weight excluding hydrogens is 488 g/mol. The molecule has 14 nitrogen and oxygen atoms in total. The molecule has 0 aliphatic heterocycles. The van der Waals surface area contributed by atoms with Crippen LogP contribution in [0.1, 0.15) is 31.7 Å². The smallest absolute Gasteiger partial charge is 0.326 e. The summed E-state index contributed by atoms with van der Waals surface area (Å²) in [7, 11) is 0. The first-order valence-electron chi connectivity index (χ1n) is 11.3. The Kier molecular flexibility index (Phi) is 10.1. The van der Waals surface area contributed by atoms with Crippen molar-refractivity contribution in [2.45, 2.75) is 56.8 Å². The molecule has 2 aromatic rings. The lowest BCUT2D eigenvalue weighted by Crippen LogP contribution is -2.57. The number of aliphatic carboxylic acids is 2. The van der Waals surface area contributed by atoms with Crippen LogP contribution in [-0.2, 0) is 35.2 Å². The minimum atomic E-state index is -1.49. The third-order valence-corrected chi connectivity index (χ3v) is 5.45. The highest BCUT2D eigenvalue weighted by molar-refractivity contribution is 5.96. The standard InChI is InChI=1S/C23H30N6O8/c1-11(24)20(33)28-16(9-18(25)30)22(35)27-15(6-7-19(31)32)21(34)29-17(23(36)37)8-12-10-26-14-5-3-2-4-13(12)14/h2-5,10-11,15-17,26H,6-9,24H2,1H3,(H2,25,30)(H,27,35)(H,28,33)(H,29,34)(H,31,32)(H,36,37). The van der Waals surface area contributed by atoms with Gasteiger partial charge in [0.15, 0.2) is 0 Å². The van der Waals surface area contributed by atoms with Gasteiger partial charge in [-0.05, 0) is 25.0 Å². The number of benzene rings is 1. The molecule has 2 rings (SSSR count). The second-order valence-corrected chi connectivity index (χ2v) is 8.48. The first-order chi connectivity index (χ1) is 17.4. The summed E-state index contributed by atoms with van der Waals surface area (Å²) in [6.45, 7) is 1.34. The molecule has 0 spiro atoms. The highest BCUT2D eigenvalue weighted by Gasteiger charge is 2.31. The fourth-order valence-electron chi connectivity index (χ4n) is 3.52. The number of rotatable bonds is 14. The molecule has 0 saturated heterocycles. The summed E-state index contributed by atoms with van der Waals surface area (Å²) >= 11 is 0.